The van der Waals surface area contributed by atoms with E-state index in [1.807, 2.05) is 6.07 Å². The molecule has 1 amide bonds. The Kier molecular flexibility index (Phi) is 4.82. The normalized spacial score (nSPS) is 14.5. The summed E-state index contributed by atoms with van der Waals surface area (Å²) in [5.74, 6) is -0.252. The standard InChI is InChI=1S/C17H19N3O3S/c1-11(21)12-2-4-13(5-3-12)19-17(22)16-14(18)10-15(24-16)20-6-8-23-9-7-20/h2-5,10H,6-9,18H2,1H3,(H,19,22). The van der Waals surface area contributed by atoms with Gasteiger partial charge in [0.25, 0.3) is 5.91 Å². The molecule has 3 rings (SSSR count). The minimum Gasteiger partial charge on any atom is -0.397 e. The van der Waals surface area contributed by atoms with Crippen molar-refractivity contribution in [3.05, 3.63) is 40.8 Å². The number of nitrogens with zero attached hydrogens (tertiary/aromatic N) is 1. The Balaban J connectivity index is 1.72. The summed E-state index contributed by atoms with van der Waals surface area (Å²) in [5.41, 5.74) is 7.72. The summed E-state index contributed by atoms with van der Waals surface area (Å²) in [6.45, 7) is 4.47. The molecule has 3 N–H and O–H groups in total. The minimum absolute atomic E-state index is 0.00877. The second kappa shape index (κ2) is 7.02. The van der Waals surface area contributed by atoms with E-state index in [0.29, 0.717) is 35.0 Å². The third-order valence-corrected chi connectivity index (χ3v) is 5.04. The number of nitrogen functional groups attached to an aromatic ring is 1. The first-order chi connectivity index (χ1) is 11.5. The maximum absolute atomic E-state index is 12.5. The number of ketones is 1. The molecule has 24 heavy (non-hydrogen) atoms. The summed E-state index contributed by atoms with van der Waals surface area (Å²) in [4.78, 5) is 26.4. The molecule has 2 aromatic rings. The molecule has 2 heterocycles. The van der Waals surface area contributed by atoms with Gasteiger partial charge in [0.1, 0.15) is 4.88 Å². The monoisotopic (exact) mass is 345 g/mol. The van der Waals surface area contributed by atoms with Crippen molar-refractivity contribution < 1.29 is 14.3 Å². The Morgan fingerprint density at radius 1 is 1.21 bits per heavy atom. The van der Waals surface area contributed by atoms with Gasteiger partial charge in [0.2, 0.25) is 0 Å². The van der Waals surface area contributed by atoms with E-state index >= 15 is 0 Å². The first-order valence-electron chi connectivity index (χ1n) is 7.69. The molecular formula is C17H19N3O3S. The fraction of sp³-hybridized carbons (Fsp3) is 0.294. The summed E-state index contributed by atoms with van der Waals surface area (Å²) in [7, 11) is 0. The van der Waals surface area contributed by atoms with Crippen LogP contribution in [0.5, 0.6) is 0 Å². The van der Waals surface area contributed by atoms with E-state index in [1.165, 1.54) is 18.3 Å². The first-order valence-corrected chi connectivity index (χ1v) is 8.50. The van der Waals surface area contributed by atoms with E-state index in [4.69, 9.17) is 10.5 Å². The molecule has 0 atom stereocenters. The Labute approximate surface area is 144 Å². The quantitative estimate of drug-likeness (QED) is 0.832. The van der Waals surface area contributed by atoms with Crippen LogP contribution in [0.4, 0.5) is 16.4 Å². The Morgan fingerprint density at radius 3 is 2.50 bits per heavy atom. The number of nitrogens with one attached hydrogen (secondary N) is 1. The molecule has 0 unspecified atom stereocenters. The Bertz CT molecular complexity index is 749. The Morgan fingerprint density at radius 2 is 1.88 bits per heavy atom. The van der Waals surface area contributed by atoms with Gasteiger partial charge >= 0.3 is 0 Å². The van der Waals surface area contributed by atoms with Crippen LogP contribution in [-0.4, -0.2) is 38.0 Å². The van der Waals surface area contributed by atoms with Gasteiger partial charge in [-0.3, -0.25) is 9.59 Å². The zero-order valence-corrected chi connectivity index (χ0v) is 14.2. The van der Waals surface area contributed by atoms with Crippen LogP contribution in [0, 0.1) is 0 Å². The van der Waals surface area contributed by atoms with E-state index in [2.05, 4.69) is 10.2 Å². The number of thiophene rings is 1. The lowest BCUT2D eigenvalue weighted by atomic mass is 10.1. The molecule has 6 nitrogen and oxygen atoms in total. The number of rotatable bonds is 4. The summed E-state index contributed by atoms with van der Waals surface area (Å²) >= 11 is 1.38. The van der Waals surface area contributed by atoms with E-state index in [1.54, 1.807) is 24.3 Å². The maximum Gasteiger partial charge on any atom is 0.267 e. The number of carbonyl (C=O) groups is 2. The second-order valence-electron chi connectivity index (χ2n) is 5.56. The number of anilines is 3. The number of hydrogen-bond donors (Lipinski definition) is 2. The van der Waals surface area contributed by atoms with Crippen LogP contribution in [0.25, 0.3) is 0 Å². The van der Waals surface area contributed by atoms with Crippen LogP contribution in [0.1, 0.15) is 27.0 Å². The fourth-order valence-corrected chi connectivity index (χ4v) is 3.51. The molecule has 0 aliphatic carbocycles. The molecule has 1 aliphatic heterocycles. The molecule has 0 saturated carbocycles. The number of Topliss-reactive ketones (excluding diaryl/α,β-unsaturated/α-hetero) is 1. The highest BCUT2D eigenvalue weighted by Gasteiger charge is 2.19. The van der Waals surface area contributed by atoms with E-state index < -0.39 is 0 Å². The average molecular weight is 345 g/mol. The largest absolute Gasteiger partial charge is 0.397 e. The van der Waals surface area contributed by atoms with Gasteiger partial charge in [0, 0.05) is 24.3 Å². The van der Waals surface area contributed by atoms with Crippen molar-refractivity contribution in [3.63, 3.8) is 0 Å². The molecule has 0 spiro atoms. The number of morpholine rings is 1. The number of amides is 1. The molecule has 1 aromatic carbocycles. The van der Waals surface area contributed by atoms with Crippen LogP contribution >= 0.6 is 11.3 Å². The zero-order chi connectivity index (χ0) is 17.1. The van der Waals surface area contributed by atoms with Crippen LogP contribution in [-0.2, 0) is 4.74 Å². The van der Waals surface area contributed by atoms with Gasteiger partial charge in [-0.2, -0.15) is 0 Å². The SMILES string of the molecule is CC(=O)c1ccc(NC(=O)c2sc(N3CCOCC3)cc2N)cc1. The van der Waals surface area contributed by atoms with Crippen molar-refractivity contribution in [2.24, 2.45) is 0 Å². The third kappa shape index (κ3) is 3.58. The third-order valence-electron chi connectivity index (χ3n) is 3.83. The highest BCUT2D eigenvalue weighted by atomic mass is 32.1. The Hall–Kier alpha value is -2.38. The molecule has 7 heteroatoms. The molecule has 1 fully saturated rings. The first kappa shape index (κ1) is 16.5. The highest BCUT2D eigenvalue weighted by molar-refractivity contribution is 7.18. The topological polar surface area (TPSA) is 84.7 Å². The maximum atomic E-state index is 12.5. The van der Waals surface area contributed by atoms with E-state index in [0.717, 1.165) is 18.1 Å². The van der Waals surface area contributed by atoms with Gasteiger partial charge in [-0.1, -0.05) is 0 Å². The van der Waals surface area contributed by atoms with Crippen molar-refractivity contribution in [2.45, 2.75) is 6.92 Å². The molecule has 1 aliphatic rings. The van der Waals surface area contributed by atoms with Crippen molar-refractivity contribution in [1.29, 1.82) is 0 Å². The fourth-order valence-electron chi connectivity index (χ4n) is 2.48. The van der Waals surface area contributed by atoms with Gasteiger partial charge in [-0.15, -0.1) is 11.3 Å². The summed E-state index contributed by atoms with van der Waals surface area (Å²) in [6, 6.07) is 8.64. The van der Waals surface area contributed by atoms with E-state index in [-0.39, 0.29) is 11.7 Å². The second-order valence-corrected chi connectivity index (χ2v) is 6.59. The van der Waals surface area contributed by atoms with Crippen LogP contribution < -0.4 is 16.0 Å². The summed E-state index contributed by atoms with van der Waals surface area (Å²) < 4.78 is 5.34. The van der Waals surface area contributed by atoms with Gasteiger partial charge in [-0.25, -0.2) is 0 Å². The van der Waals surface area contributed by atoms with Gasteiger partial charge in [0.05, 0.1) is 23.9 Å². The smallest absolute Gasteiger partial charge is 0.267 e. The molecule has 1 aromatic heterocycles. The lowest BCUT2D eigenvalue weighted by Gasteiger charge is -2.27. The molecular weight excluding hydrogens is 326 g/mol. The average Bonchev–Trinajstić information content (AvgIpc) is 2.98. The summed E-state index contributed by atoms with van der Waals surface area (Å²) in [6.07, 6.45) is 0. The van der Waals surface area contributed by atoms with Crippen molar-refractivity contribution in [2.75, 3.05) is 42.3 Å². The number of carbonyl (C=O) groups excluding carboxylic acids is 2. The zero-order valence-electron chi connectivity index (χ0n) is 13.4. The molecule has 1 saturated heterocycles. The van der Waals surface area contributed by atoms with Crippen LogP contribution in [0.2, 0.25) is 0 Å². The molecule has 126 valence electrons. The minimum atomic E-state index is -0.243. The lowest BCUT2D eigenvalue weighted by Crippen LogP contribution is -2.35. The predicted molar refractivity (Wildman–Crippen MR) is 96.2 cm³/mol. The molecule has 0 radical (unpaired) electrons. The number of hydrogen-bond acceptors (Lipinski definition) is 6. The van der Waals surface area contributed by atoms with Crippen molar-refractivity contribution in [3.8, 4) is 0 Å². The lowest BCUT2D eigenvalue weighted by molar-refractivity contribution is 0.101. The predicted octanol–water partition coefficient (Wildman–Crippen LogP) is 2.62. The number of benzene rings is 1. The molecule has 0 bridgehead atoms. The van der Waals surface area contributed by atoms with Crippen LogP contribution in [0.15, 0.2) is 30.3 Å². The van der Waals surface area contributed by atoms with Crippen LogP contribution in [0.3, 0.4) is 0 Å². The number of ether oxygens (including phenoxy) is 1. The highest BCUT2D eigenvalue weighted by Crippen LogP contribution is 2.33. The van der Waals surface area contributed by atoms with Gasteiger partial charge < -0.3 is 20.7 Å². The van der Waals surface area contributed by atoms with E-state index in [9.17, 15) is 9.59 Å². The van der Waals surface area contributed by atoms with Gasteiger partial charge in [0.15, 0.2) is 5.78 Å². The van der Waals surface area contributed by atoms with Gasteiger partial charge in [-0.05, 0) is 37.3 Å². The number of nitrogens with two attached hydrogens (primary N) is 1. The van der Waals surface area contributed by atoms with Crippen molar-refractivity contribution >= 4 is 39.4 Å². The van der Waals surface area contributed by atoms with Crippen molar-refractivity contribution in [1.82, 2.24) is 0 Å². The summed E-state index contributed by atoms with van der Waals surface area (Å²) in [5, 5.41) is 3.80.